The lowest BCUT2D eigenvalue weighted by Gasteiger charge is -2.40. The number of hydrogen-bond donors (Lipinski definition) is 1. The zero-order valence-electron chi connectivity index (χ0n) is 12.6. The first-order chi connectivity index (χ1) is 10.1. The Kier molecular flexibility index (Phi) is 4.33. The van der Waals surface area contributed by atoms with Crippen molar-refractivity contribution in [1.29, 1.82) is 0 Å². The van der Waals surface area contributed by atoms with E-state index in [1.54, 1.807) is 6.07 Å². The molecule has 116 valence electrons. The third-order valence-electron chi connectivity index (χ3n) is 4.76. The normalized spacial score (nSPS) is 29.0. The molecule has 0 aliphatic carbocycles. The van der Waals surface area contributed by atoms with Crippen molar-refractivity contribution in [2.24, 2.45) is 5.92 Å². The van der Waals surface area contributed by atoms with E-state index in [4.69, 9.17) is 0 Å². The lowest BCUT2D eigenvalue weighted by Crippen LogP contribution is -2.43. The molecule has 1 aromatic rings. The van der Waals surface area contributed by atoms with E-state index in [1.807, 2.05) is 25.2 Å². The van der Waals surface area contributed by atoms with Gasteiger partial charge in [0, 0.05) is 12.6 Å². The number of fused-ring (bicyclic) bond motifs is 1. The molecule has 2 aliphatic heterocycles. The van der Waals surface area contributed by atoms with Crippen LogP contribution in [0.25, 0.3) is 0 Å². The van der Waals surface area contributed by atoms with Crippen LogP contribution in [0.4, 0.5) is 0 Å². The fraction of sp³-hybridized carbons (Fsp3) is 0.625. The number of rotatable bonds is 3. The third kappa shape index (κ3) is 3.00. The monoisotopic (exact) mass is 308 g/mol. The first-order valence-corrected chi connectivity index (χ1v) is 9.47. The van der Waals surface area contributed by atoms with Gasteiger partial charge in [-0.25, -0.2) is 8.42 Å². The molecule has 21 heavy (non-hydrogen) atoms. The van der Waals surface area contributed by atoms with E-state index in [2.05, 4.69) is 10.2 Å². The third-order valence-corrected chi connectivity index (χ3v) is 6.57. The second-order valence-electron chi connectivity index (χ2n) is 6.22. The summed E-state index contributed by atoms with van der Waals surface area (Å²) in [7, 11) is -1.07. The van der Waals surface area contributed by atoms with E-state index < -0.39 is 9.84 Å². The molecule has 0 bridgehead atoms. The maximum atomic E-state index is 12.2. The van der Waals surface area contributed by atoms with Crippen LogP contribution in [-0.4, -0.2) is 45.8 Å². The van der Waals surface area contributed by atoms with Crippen LogP contribution in [0.3, 0.4) is 0 Å². The number of sulfone groups is 1. The lowest BCUT2D eigenvalue weighted by molar-refractivity contribution is 0.117. The van der Waals surface area contributed by atoms with E-state index in [-0.39, 0.29) is 11.8 Å². The van der Waals surface area contributed by atoms with Gasteiger partial charge in [-0.1, -0.05) is 18.2 Å². The van der Waals surface area contributed by atoms with Crippen molar-refractivity contribution in [3.8, 4) is 0 Å². The first-order valence-electron chi connectivity index (χ1n) is 7.82. The molecule has 0 saturated carbocycles. The van der Waals surface area contributed by atoms with Gasteiger partial charge < -0.3 is 5.32 Å². The second kappa shape index (κ2) is 6.07. The van der Waals surface area contributed by atoms with Gasteiger partial charge in [-0.15, -0.1) is 0 Å². The molecule has 1 fully saturated rings. The highest BCUT2D eigenvalue weighted by Crippen LogP contribution is 2.37. The Morgan fingerprint density at radius 2 is 2.10 bits per heavy atom. The van der Waals surface area contributed by atoms with Crippen LogP contribution in [0.15, 0.2) is 29.2 Å². The fourth-order valence-electron chi connectivity index (χ4n) is 3.79. The highest BCUT2D eigenvalue weighted by Gasteiger charge is 2.34. The molecule has 4 nitrogen and oxygen atoms in total. The molecular formula is C16H24N2O2S. The van der Waals surface area contributed by atoms with Crippen molar-refractivity contribution < 1.29 is 8.42 Å². The van der Waals surface area contributed by atoms with Gasteiger partial charge in [-0.2, -0.15) is 0 Å². The van der Waals surface area contributed by atoms with Crippen LogP contribution >= 0.6 is 0 Å². The molecular weight excluding hydrogens is 284 g/mol. The average molecular weight is 308 g/mol. The number of hydrogen-bond acceptors (Lipinski definition) is 4. The summed E-state index contributed by atoms with van der Waals surface area (Å²) in [5.74, 6) is 0.955. The topological polar surface area (TPSA) is 49.4 Å². The summed E-state index contributed by atoms with van der Waals surface area (Å²) < 4.78 is 24.5. The predicted octanol–water partition coefficient (Wildman–Crippen LogP) is 1.84. The van der Waals surface area contributed by atoms with Gasteiger partial charge in [0.05, 0.1) is 10.6 Å². The summed E-state index contributed by atoms with van der Waals surface area (Å²) >= 11 is 0. The smallest absolute Gasteiger partial charge is 0.178 e. The minimum absolute atomic E-state index is 0.268. The van der Waals surface area contributed by atoms with Crippen molar-refractivity contribution in [2.75, 3.05) is 32.4 Å². The molecule has 1 aromatic carbocycles. The maximum absolute atomic E-state index is 12.2. The number of likely N-dealkylation sites (tertiary alicyclic amines) is 1. The number of nitrogens with one attached hydrogen (secondary N) is 1. The van der Waals surface area contributed by atoms with Gasteiger partial charge in [0.25, 0.3) is 0 Å². The van der Waals surface area contributed by atoms with Crippen LogP contribution in [-0.2, 0) is 9.84 Å². The van der Waals surface area contributed by atoms with Crippen molar-refractivity contribution in [3.63, 3.8) is 0 Å². The molecule has 1 N–H and O–H groups in total. The first kappa shape index (κ1) is 15.0. The summed E-state index contributed by atoms with van der Waals surface area (Å²) in [6.07, 6.45) is 3.20. The Hall–Kier alpha value is -0.910. The summed E-state index contributed by atoms with van der Waals surface area (Å²) in [6.45, 7) is 3.20. The summed E-state index contributed by atoms with van der Waals surface area (Å²) in [5.41, 5.74) is 1.01. The summed E-state index contributed by atoms with van der Waals surface area (Å²) in [6, 6.07) is 7.83. The van der Waals surface area contributed by atoms with Gasteiger partial charge in [0.2, 0.25) is 0 Å². The van der Waals surface area contributed by atoms with Gasteiger partial charge >= 0.3 is 0 Å². The van der Waals surface area contributed by atoms with E-state index in [9.17, 15) is 8.42 Å². The van der Waals surface area contributed by atoms with E-state index in [1.165, 1.54) is 12.8 Å². The van der Waals surface area contributed by atoms with Crippen LogP contribution in [0.2, 0.25) is 0 Å². The van der Waals surface area contributed by atoms with Gasteiger partial charge in [0.15, 0.2) is 9.84 Å². The van der Waals surface area contributed by atoms with Gasteiger partial charge in [-0.3, -0.25) is 4.90 Å². The molecule has 0 amide bonds. The Bertz CT molecular complexity index is 598. The minimum atomic E-state index is -3.08. The van der Waals surface area contributed by atoms with Crippen molar-refractivity contribution in [1.82, 2.24) is 10.2 Å². The Morgan fingerprint density at radius 1 is 1.29 bits per heavy atom. The van der Waals surface area contributed by atoms with Crippen LogP contribution in [0, 0.1) is 5.92 Å². The Labute approximate surface area is 127 Å². The SMILES string of the molecule is CNCC1CCCN(C2CCS(=O)(=O)c3ccccc32)C1. The standard InChI is InChI=1S/C16H24N2O2S/c1-17-11-13-5-4-9-18(12-13)15-8-10-21(19,20)16-7-3-2-6-14(15)16/h2-3,6-7,13,15,17H,4-5,8-12H2,1H3. The zero-order valence-corrected chi connectivity index (χ0v) is 13.4. The van der Waals surface area contributed by atoms with Gasteiger partial charge in [-0.05, 0) is 56.9 Å². The molecule has 5 heteroatoms. The van der Waals surface area contributed by atoms with E-state index in [0.717, 1.165) is 31.6 Å². The molecule has 2 aliphatic rings. The highest BCUT2D eigenvalue weighted by molar-refractivity contribution is 7.91. The van der Waals surface area contributed by atoms with Crippen molar-refractivity contribution in [3.05, 3.63) is 29.8 Å². The number of nitrogens with zero attached hydrogens (tertiary/aromatic N) is 1. The zero-order chi connectivity index (χ0) is 14.9. The number of benzene rings is 1. The van der Waals surface area contributed by atoms with Crippen LogP contribution in [0.1, 0.15) is 30.9 Å². The summed E-state index contributed by atoms with van der Waals surface area (Å²) in [4.78, 5) is 3.05. The molecule has 2 atom stereocenters. The van der Waals surface area contributed by atoms with Gasteiger partial charge in [0.1, 0.15) is 0 Å². The molecule has 0 spiro atoms. The van der Waals surface area contributed by atoms with Crippen molar-refractivity contribution in [2.45, 2.75) is 30.2 Å². The Morgan fingerprint density at radius 3 is 2.90 bits per heavy atom. The molecule has 1 saturated heterocycles. The fourth-order valence-corrected chi connectivity index (χ4v) is 5.39. The van der Waals surface area contributed by atoms with Crippen molar-refractivity contribution >= 4 is 9.84 Å². The minimum Gasteiger partial charge on any atom is -0.319 e. The van der Waals surface area contributed by atoms with E-state index in [0.29, 0.717) is 10.8 Å². The molecule has 2 heterocycles. The summed E-state index contributed by atoms with van der Waals surface area (Å²) in [5, 5.41) is 3.27. The maximum Gasteiger partial charge on any atom is 0.178 e. The van der Waals surface area contributed by atoms with Crippen LogP contribution in [0.5, 0.6) is 0 Å². The highest BCUT2D eigenvalue weighted by atomic mass is 32.2. The van der Waals surface area contributed by atoms with E-state index >= 15 is 0 Å². The molecule has 3 rings (SSSR count). The second-order valence-corrected chi connectivity index (χ2v) is 8.30. The number of piperidine rings is 1. The Balaban J connectivity index is 1.86. The molecule has 2 unspecified atom stereocenters. The quantitative estimate of drug-likeness (QED) is 0.925. The van der Waals surface area contributed by atoms with Crippen LogP contribution < -0.4 is 5.32 Å². The molecule has 0 aromatic heterocycles. The largest absolute Gasteiger partial charge is 0.319 e. The molecule has 0 radical (unpaired) electrons. The lowest BCUT2D eigenvalue weighted by atomic mass is 9.93. The average Bonchev–Trinajstić information content (AvgIpc) is 2.48. The predicted molar refractivity (Wildman–Crippen MR) is 84.1 cm³/mol.